The fourth-order valence-electron chi connectivity index (χ4n) is 5.49. The molecule has 0 spiro atoms. The summed E-state index contributed by atoms with van der Waals surface area (Å²) >= 11 is 0. The molecule has 0 bridgehead atoms. The van der Waals surface area contributed by atoms with Crippen molar-refractivity contribution in [3.05, 3.63) is 83.9 Å². The Morgan fingerprint density at radius 1 is 0.776 bits per heavy atom. The van der Waals surface area contributed by atoms with Crippen molar-refractivity contribution in [2.75, 3.05) is 31.8 Å². The minimum atomic E-state index is -4.14. The Hall–Kier alpha value is -3.57. The van der Waals surface area contributed by atoms with Crippen LogP contribution in [0.4, 0.5) is 10.5 Å². The van der Waals surface area contributed by atoms with Crippen LogP contribution in [0.5, 0.6) is 5.75 Å². The number of hydrogen-bond acceptors (Lipinski definition) is 12. The number of rotatable bonds is 15. The van der Waals surface area contributed by atoms with E-state index in [1.54, 1.807) is 55.5 Å². The van der Waals surface area contributed by atoms with Crippen LogP contribution in [-0.2, 0) is 47.5 Å². The number of aryl methyl sites for hydroxylation is 2. The fourth-order valence-corrected chi connectivity index (χ4v) is 7.33. The first kappa shape index (κ1) is 36.7. The van der Waals surface area contributed by atoms with Gasteiger partial charge in [0.25, 0.3) is 20.2 Å². The first-order valence-electron chi connectivity index (χ1n) is 15.7. The number of nitrogens with zero attached hydrogens (tertiary/aromatic N) is 1. The highest BCUT2D eigenvalue weighted by atomic mass is 32.2. The van der Waals surface area contributed by atoms with Gasteiger partial charge in [0.15, 0.2) is 5.79 Å². The van der Waals surface area contributed by atoms with Crippen molar-refractivity contribution in [1.82, 2.24) is 0 Å². The van der Waals surface area contributed by atoms with E-state index in [2.05, 4.69) is 0 Å². The summed E-state index contributed by atoms with van der Waals surface area (Å²) in [7, 11) is -6.79. The van der Waals surface area contributed by atoms with Gasteiger partial charge in [-0.15, -0.1) is 0 Å². The molecule has 1 unspecified atom stereocenters. The van der Waals surface area contributed by atoms with Crippen LogP contribution in [0.25, 0.3) is 0 Å². The van der Waals surface area contributed by atoms with Gasteiger partial charge < -0.3 is 23.7 Å². The van der Waals surface area contributed by atoms with E-state index in [-0.39, 0.29) is 22.4 Å². The van der Waals surface area contributed by atoms with Crippen LogP contribution in [-0.4, -0.2) is 80.2 Å². The van der Waals surface area contributed by atoms with Crippen LogP contribution in [0.2, 0.25) is 0 Å². The van der Waals surface area contributed by atoms with E-state index in [1.807, 2.05) is 20.8 Å². The molecule has 2 saturated heterocycles. The molecule has 0 saturated carbocycles. The Balaban J connectivity index is 1.20. The Labute approximate surface area is 287 Å². The molecular weight excluding hydrogens is 679 g/mol. The lowest BCUT2D eigenvalue weighted by molar-refractivity contribution is -0.170. The lowest BCUT2D eigenvalue weighted by atomic mass is 10.2. The third-order valence-corrected chi connectivity index (χ3v) is 10.8. The van der Waals surface area contributed by atoms with Gasteiger partial charge in [-0.25, -0.2) is 4.79 Å². The molecule has 266 valence electrons. The summed E-state index contributed by atoms with van der Waals surface area (Å²) in [5, 5.41) is 0. The molecule has 3 aromatic rings. The molecule has 0 radical (unpaired) electrons. The fraction of sp³-hybridized carbons (Fsp3) is 0.441. The summed E-state index contributed by atoms with van der Waals surface area (Å²) in [5.41, 5.74) is 2.42. The van der Waals surface area contributed by atoms with E-state index < -0.39 is 63.8 Å². The number of cyclic esters (lactones) is 1. The maximum atomic E-state index is 12.9. The van der Waals surface area contributed by atoms with Crippen molar-refractivity contribution in [2.24, 2.45) is 0 Å². The monoisotopic (exact) mass is 719 g/mol. The van der Waals surface area contributed by atoms with Crippen LogP contribution >= 0.6 is 0 Å². The van der Waals surface area contributed by atoms with Crippen LogP contribution in [0.1, 0.15) is 37.8 Å². The molecule has 5 rings (SSSR count). The van der Waals surface area contributed by atoms with E-state index in [1.165, 1.54) is 36.3 Å². The van der Waals surface area contributed by atoms with E-state index in [0.717, 1.165) is 11.1 Å². The highest BCUT2D eigenvalue weighted by molar-refractivity contribution is 7.87. The second-order valence-electron chi connectivity index (χ2n) is 12.1. The molecule has 2 fully saturated rings. The molecule has 2 aliphatic heterocycles. The minimum absolute atomic E-state index is 0.0197. The molecule has 3 aromatic carbocycles. The van der Waals surface area contributed by atoms with Gasteiger partial charge in [-0.3, -0.25) is 13.3 Å². The third kappa shape index (κ3) is 8.97. The zero-order valence-electron chi connectivity index (χ0n) is 27.9. The standard InChI is InChI=1S/C34H41NO12S2/c1-23-7-15-28(16-8-23)48(37,38)43-21-30-31(22-44-49(39,40)29-17-9-24(2)10-18-29)47-34(4,46-30)19-6-20-42-27-13-11-26(12-14-27)35-25(3)32(41-5)45-33(35)36/h7-18,25,30-32H,6,19-22H2,1-5H3/t25?,30-,31-,32+/m0/s1. The average Bonchev–Trinajstić information content (AvgIpc) is 3.55. The average molecular weight is 720 g/mol. The summed E-state index contributed by atoms with van der Waals surface area (Å²) in [5.74, 6) is -0.647. The van der Waals surface area contributed by atoms with Gasteiger partial charge in [0.05, 0.1) is 29.6 Å². The number of ether oxygens (including phenoxy) is 5. The van der Waals surface area contributed by atoms with Gasteiger partial charge in [0.2, 0.25) is 6.29 Å². The number of carbonyl (C=O) groups excluding carboxylic acids is 1. The Morgan fingerprint density at radius 3 is 1.71 bits per heavy atom. The third-order valence-electron chi connectivity index (χ3n) is 8.22. The van der Waals surface area contributed by atoms with Gasteiger partial charge in [-0.1, -0.05) is 35.4 Å². The van der Waals surface area contributed by atoms with Crippen LogP contribution in [0, 0.1) is 13.8 Å². The van der Waals surface area contributed by atoms with Crippen LogP contribution in [0.15, 0.2) is 82.6 Å². The highest BCUT2D eigenvalue weighted by Gasteiger charge is 2.46. The van der Waals surface area contributed by atoms with Gasteiger partial charge in [0, 0.05) is 19.2 Å². The van der Waals surface area contributed by atoms with E-state index in [0.29, 0.717) is 24.3 Å². The highest BCUT2D eigenvalue weighted by Crippen LogP contribution is 2.34. The number of benzene rings is 3. The summed E-state index contributed by atoms with van der Waals surface area (Å²) in [6, 6.07) is 19.1. The van der Waals surface area contributed by atoms with Crippen molar-refractivity contribution in [1.29, 1.82) is 0 Å². The van der Waals surface area contributed by atoms with E-state index in [4.69, 9.17) is 32.1 Å². The van der Waals surface area contributed by atoms with E-state index >= 15 is 0 Å². The molecule has 4 atom stereocenters. The molecule has 2 aliphatic rings. The summed E-state index contributed by atoms with van der Waals surface area (Å²) in [4.78, 5) is 13.7. The molecule has 49 heavy (non-hydrogen) atoms. The minimum Gasteiger partial charge on any atom is -0.494 e. The van der Waals surface area contributed by atoms with Crippen molar-refractivity contribution < 1.29 is 53.7 Å². The SMILES string of the molecule is CO[C@@H]1OC(=O)N(c2ccc(OCCCC3(C)O[C@@H](COS(=O)(=O)c4ccc(C)cc4)[C@H](COS(=O)(=O)c4ccc(C)cc4)O3)cc2)C1C. The largest absolute Gasteiger partial charge is 0.494 e. The Kier molecular flexibility index (Phi) is 11.3. The van der Waals surface area contributed by atoms with Gasteiger partial charge >= 0.3 is 6.09 Å². The molecule has 15 heteroatoms. The molecule has 13 nitrogen and oxygen atoms in total. The first-order chi connectivity index (χ1) is 23.2. The molecular formula is C34H41NO12S2. The van der Waals surface area contributed by atoms with Crippen molar-refractivity contribution >= 4 is 32.0 Å². The van der Waals surface area contributed by atoms with Crippen molar-refractivity contribution in [2.45, 2.75) is 80.7 Å². The topological polar surface area (TPSA) is 153 Å². The van der Waals surface area contributed by atoms with E-state index in [9.17, 15) is 21.6 Å². The maximum absolute atomic E-state index is 12.9. The number of anilines is 1. The Morgan fingerprint density at radius 2 is 1.27 bits per heavy atom. The number of methoxy groups -OCH3 is 1. The quantitative estimate of drug-likeness (QED) is 0.152. The summed E-state index contributed by atoms with van der Waals surface area (Å²) < 4.78 is 91.0. The zero-order valence-corrected chi connectivity index (χ0v) is 29.6. The van der Waals surface area contributed by atoms with Crippen LogP contribution in [0.3, 0.4) is 0 Å². The second kappa shape index (κ2) is 15.1. The molecule has 1 amide bonds. The number of hydrogen-bond donors (Lipinski definition) is 0. The summed E-state index contributed by atoms with van der Waals surface area (Å²) in [6.07, 6.45) is -2.30. The summed E-state index contributed by atoms with van der Waals surface area (Å²) in [6.45, 7) is 6.61. The molecule has 0 aromatic heterocycles. The predicted octanol–water partition coefficient (Wildman–Crippen LogP) is 5.09. The van der Waals surface area contributed by atoms with Gasteiger partial charge in [-0.2, -0.15) is 16.8 Å². The number of amides is 1. The van der Waals surface area contributed by atoms with Gasteiger partial charge in [0.1, 0.15) is 24.0 Å². The smallest absolute Gasteiger partial charge is 0.417 e. The lowest BCUT2D eigenvalue weighted by Gasteiger charge is -2.23. The maximum Gasteiger partial charge on any atom is 0.417 e. The predicted molar refractivity (Wildman–Crippen MR) is 177 cm³/mol. The Bertz CT molecular complexity index is 1710. The normalized spacial score (nSPS) is 22.3. The molecule has 0 N–H and O–H groups in total. The molecule has 2 heterocycles. The number of carbonyl (C=O) groups is 1. The van der Waals surface area contributed by atoms with Crippen molar-refractivity contribution in [3.63, 3.8) is 0 Å². The van der Waals surface area contributed by atoms with Crippen molar-refractivity contribution in [3.8, 4) is 5.75 Å². The van der Waals surface area contributed by atoms with Gasteiger partial charge in [-0.05, 0) is 82.6 Å². The van der Waals surface area contributed by atoms with Crippen LogP contribution < -0.4 is 9.64 Å². The molecule has 0 aliphatic carbocycles. The lowest BCUT2D eigenvalue weighted by Crippen LogP contribution is -2.34. The second-order valence-corrected chi connectivity index (χ2v) is 15.3. The first-order valence-corrected chi connectivity index (χ1v) is 18.5. The zero-order chi connectivity index (χ0) is 35.4.